The fraction of sp³-hybridized carbons (Fsp3) is 0.680. The molecule has 1 heterocycles. The fourth-order valence-corrected chi connectivity index (χ4v) is 6.11. The van der Waals surface area contributed by atoms with Gasteiger partial charge in [-0.3, -0.25) is 0 Å². The highest BCUT2D eigenvalue weighted by Gasteiger charge is 2.55. The average Bonchev–Trinajstić information content (AvgIpc) is 2.62. The summed E-state index contributed by atoms with van der Waals surface area (Å²) < 4.78 is 6.98. The van der Waals surface area contributed by atoms with E-state index < -0.39 is 9.04 Å². The van der Waals surface area contributed by atoms with Gasteiger partial charge < -0.3 is 9.74 Å². The van der Waals surface area contributed by atoms with Gasteiger partial charge in [-0.1, -0.05) is 96.6 Å². The second-order valence-corrected chi connectivity index (χ2v) is 11.9. The molecule has 0 bridgehead atoms. The van der Waals surface area contributed by atoms with E-state index in [4.69, 9.17) is 4.43 Å². The Hall–Kier alpha value is -1.06. The van der Waals surface area contributed by atoms with E-state index >= 15 is 0 Å². The van der Waals surface area contributed by atoms with Crippen molar-refractivity contribution < 1.29 is 4.43 Å². The van der Waals surface area contributed by atoms with Crippen LogP contribution in [-0.2, 0) is 4.43 Å². The standard InChI is InChI=1S/C25H42NOSi/c1-8-9-10-11-12-15-19-25(23(2,3)4,27-28(6)7)24(5)20-18-21-16-13-14-17-22(21)26-24/h13-14,16-18,20,26H,8-12,15,19H2,1-7H3. The molecule has 0 fully saturated rings. The molecule has 1 aromatic rings. The van der Waals surface area contributed by atoms with E-state index in [1.54, 1.807) is 0 Å². The average molecular weight is 401 g/mol. The van der Waals surface area contributed by atoms with Crippen LogP contribution < -0.4 is 5.32 Å². The van der Waals surface area contributed by atoms with Crippen molar-refractivity contribution in [2.75, 3.05) is 5.32 Å². The first-order valence-corrected chi connectivity index (χ1v) is 13.6. The Kier molecular flexibility index (Phi) is 7.98. The Morgan fingerprint density at radius 2 is 1.64 bits per heavy atom. The summed E-state index contributed by atoms with van der Waals surface area (Å²) in [5.41, 5.74) is 2.03. The first-order valence-electron chi connectivity index (χ1n) is 11.2. The second kappa shape index (κ2) is 9.62. The van der Waals surface area contributed by atoms with E-state index in [1.165, 1.54) is 49.8 Å². The van der Waals surface area contributed by atoms with Crippen LogP contribution in [0.4, 0.5) is 5.69 Å². The summed E-state index contributed by atoms with van der Waals surface area (Å²) in [4.78, 5) is 0. The van der Waals surface area contributed by atoms with Crippen LogP contribution in [0.1, 0.15) is 85.1 Å². The molecule has 0 amide bonds. The monoisotopic (exact) mass is 400 g/mol. The van der Waals surface area contributed by atoms with Crippen LogP contribution in [0.5, 0.6) is 0 Å². The minimum atomic E-state index is -0.860. The number of benzene rings is 1. The van der Waals surface area contributed by atoms with E-state index in [0.717, 1.165) is 6.42 Å². The van der Waals surface area contributed by atoms with Gasteiger partial charge in [0.2, 0.25) is 9.04 Å². The van der Waals surface area contributed by atoms with E-state index in [1.807, 2.05) is 0 Å². The minimum Gasteiger partial charge on any atom is -0.408 e. The molecule has 0 saturated heterocycles. The van der Waals surface area contributed by atoms with Crippen molar-refractivity contribution >= 4 is 20.8 Å². The van der Waals surface area contributed by atoms with Gasteiger partial charge in [-0.25, -0.2) is 0 Å². The summed E-state index contributed by atoms with van der Waals surface area (Å²) in [6.45, 7) is 16.2. The molecule has 0 aliphatic carbocycles. The lowest BCUT2D eigenvalue weighted by Gasteiger charge is -2.57. The Morgan fingerprint density at radius 3 is 2.29 bits per heavy atom. The van der Waals surface area contributed by atoms with Crippen molar-refractivity contribution in [2.45, 2.75) is 104 Å². The molecule has 1 radical (unpaired) electrons. The van der Waals surface area contributed by atoms with Crippen molar-refractivity contribution in [2.24, 2.45) is 5.41 Å². The van der Waals surface area contributed by atoms with Crippen molar-refractivity contribution in [1.82, 2.24) is 0 Å². The molecule has 2 atom stereocenters. The molecule has 157 valence electrons. The molecule has 2 unspecified atom stereocenters. The predicted molar refractivity (Wildman–Crippen MR) is 126 cm³/mol. The zero-order chi connectivity index (χ0) is 20.8. The maximum atomic E-state index is 6.98. The number of anilines is 1. The second-order valence-electron chi connectivity index (χ2n) is 9.85. The van der Waals surface area contributed by atoms with Gasteiger partial charge in [0.25, 0.3) is 0 Å². The predicted octanol–water partition coefficient (Wildman–Crippen LogP) is 7.69. The zero-order valence-electron chi connectivity index (χ0n) is 19.3. The molecule has 28 heavy (non-hydrogen) atoms. The maximum Gasteiger partial charge on any atom is 0.205 e. The topological polar surface area (TPSA) is 21.3 Å². The van der Waals surface area contributed by atoms with Crippen molar-refractivity contribution in [1.29, 1.82) is 0 Å². The van der Waals surface area contributed by atoms with Gasteiger partial charge in [0.1, 0.15) is 0 Å². The van der Waals surface area contributed by atoms with Crippen LogP contribution in [0.3, 0.4) is 0 Å². The lowest BCUT2D eigenvalue weighted by Crippen LogP contribution is -2.66. The summed E-state index contributed by atoms with van der Waals surface area (Å²) in [5, 5.41) is 3.89. The molecule has 1 N–H and O–H groups in total. The Morgan fingerprint density at radius 1 is 1.00 bits per heavy atom. The summed E-state index contributed by atoms with van der Waals surface area (Å²) in [7, 11) is -0.860. The maximum absolute atomic E-state index is 6.98. The summed E-state index contributed by atoms with van der Waals surface area (Å²) in [6, 6.07) is 8.60. The van der Waals surface area contributed by atoms with E-state index in [9.17, 15) is 0 Å². The molecular formula is C25H42NOSi. The minimum absolute atomic E-state index is 0.0245. The number of fused-ring (bicyclic) bond motifs is 1. The molecule has 2 nitrogen and oxygen atoms in total. The quantitative estimate of drug-likeness (QED) is 0.321. The van der Waals surface area contributed by atoms with E-state index in [-0.39, 0.29) is 16.6 Å². The summed E-state index contributed by atoms with van der Waals surface area (Å²) in [5.74, 6) is 0. The van der Waals surface area contributed by atoms with Crippen LogP contribution in [0.25, 0.3) is 6.08 Å². The number of hydrogen-bond acceptors (Lipinski definition) is 2. The number of rotatable bonds is 10. The van der Waals surface area contributed by atoms with Gasteiger partial charge in [-0.2, -0.15) is 0 Å². The van der Waals surface area contributed by atoms with E-state index in [0.29, 0.717) is 0 Å². The van der Waals surface area contributed by atoms with Gasteiger partial charge in [0, 0.05) is 5.69 Å². The van der Waals surface area contributed by atoms with Crippen LogP contribution in [0.15, 0.2) is 30.3 Å². The molecule has 0 aromatic heterocycles. The smallest absolute Gasteiger partial charge is 0.205 e. The lowest BCUT2D eigenvalue weighted by atomic mass is 9.62. The Labute approximate surface area is 175 Å². The van der Waals surface area contributed by atoms with Crippen LogP contribution >= 0.6 is 0 Å². The fourth-order valence-electron chi connectivity index (χ4n) is 4.80. The third-order valence-corrected chi connectivity index (χ3v) is 7.02. The molecule has 0 saturated carbocycles. The largest absolute Gasteiger partial charge is 0.408 e. The summed E-state index contributed by atoms with van der Waals surface area (Å²) in [6.07, 6.45) is 13.6. The third kappa shape index (κ3) is 5.10. The van der Waals surface area contributed by atoms with E-state index in [2.05, 4.69) is 89.4 Å². The number of para-hydroxylation sites is 1. The molecular weight excluding hydrogens is 358 g/mol. The number of nitrogens with one attached hydrogen (secondary N) is 1. The highest BCUT2D eigenvalue weighted by atomic mass is 28.3. The normalized spacial score (nSPS) is 21.3. The van der Waals surface area contributed by atoms with Gasteiger partial charge in [0.05, 0.1) is 11.1 Å². The molecule has 0 spiro atoms. The molecule has 1 aromatic carbocycles. The molecule has 3 heteroatoms. The van der Waals surface area contributed by atoms with Crippen LogP contribution in [0.2, 0.25) is 13.1 Å². The molecule has 2 rings (SSSR count). The summed E-state index contributed by atoms with van der Waals surface area (Å²) >= 11 is 0. The third-order valence-electron chi connectivity index (χ3n) is 6.26. The van der Waals surface area contributed by atoms with Gasteiger partial charge in [-0.15, -0.1) is 0 Å². The van der Waals surface area contributed by atoms with Gasteiger partial charge >= 0.3 is 0 Å². The first-order chi connectivity index (χ1) is 13.2. The number of hydrogen-bond donors (Lipinski definition) is 1. The first kappa shape index (κ1) is 23.2. The SMILES string of the molecule is CCCCCCCCC(O[Si](C)C)(C(C)(C)C)C1(C)C=Cc2ccccc2N1. The van der Waals surface area contributed by atoms with Crippen molar-refractivity contribution in [3.8, 4) is 0 Å². The molecule has 1 aliphatic heterocycles. The van der Waals surface area contributed by atoms with Crippen molar-refractivity contribution in [3.05, 3.63) is 35.9 Å². The highest BCUT2D eigenvalue weighted by Crippen LogP contribution is 2.50. The van der Waals surface area contributed by atoms with Crippen LogP contribution in [-0.4, -0.2) is 20.2 Å². The van der Waals surface area contributed by atoms with Gasteiger partial charge in [0.15, 0.2) is 0 Å². The highest BCUT2D eigenvalue weighted by molar-refractivity contribution is 6.48. The Bertz CT molecular complexity index is 648. The molecule has 1 aliphatic rings. The zero-order valence-corrected chi connectivity index (χ0v) is 20.3. The lowest BCUT2D eigenvalue weighted by molar-refractivity contribution is -0.0779. The number of unbranched alkanes of at least 4 members (excludes halogenated alkanes) is 5. The Balaban J connectivity index is 2.31. The van der Waals surface area contributed by atoms with Gasteiger partial charge in [-0.05, 0) is 43.5 Å². The van der Waals surface area contributed by atoms with Crippen molar-refractivity contribution in [3.63, 3.8) is 0 Å². The van der Waals surface area contributed by atoms with Crippen LogP contribution in [0, 0.1) is 5.41 Å².